The Morgan fingerprint density at radius 3 is 2.64 bits per heavy atom. The first-order valence-corrected chi connectivity index (χ1v) is 8.34. The molecule has 1 heterocycles. The molecule has 25 heavy (non-hydrogen) atoms. The zero-order valence-corrected chi connectivity index (χ0v) is 14.6. The normalized spacial score (nSPS) is 10.5. The minimum Gasteiger partial charge on any atom is -0.332 e. The Balaban J connectivity index is 1.57. The number of thiocarbonyl (C=S) groups is 1. The lowest BCUT2D eigenvalue weighted by molar-refractivity contribution is 0.619. The van der Waals surface area contributed by atoms with Gasteiger partial charge in [-0.25, -0.2) is 14.1 Å². The number of anilines is 2. The Bertz CT molecular complexity index is 860. The number of rotatable bonds is 5. The Morgan fingerprint density at radius 1 is 1.12 bits per heavy atom. The van der Waals surface area contributed by atoms with Crippen LogP contribution in [0.3, 0.4) is 0 Å². The lowest BCUT2D eigenvalue weighted by atomic mass is 10.1. The van der Waals surface area contributed by atoms with Gasteiger partial charge < -0.3 is 5.32 Å². The van der Waals surface area contributed by atoms with Crippen LogP contribution in [0.1, 0.15) is 18.1 Å². The van der Waals surface area contributed by atoms with E-state index in [1.165, 1.54) is 17.7 Å². The second-order valence-electron chi connectivity index (χ2n) is 5.53. The highest BCUT2D eigenvalue weighted by atomic mass is 32.1. The lowest BCUT2D eigenvalue weighted by Crippen LogP contribution is -2.20. The summed E-state index contributed by atoms with van der Waals surface area (Å²) in [6.07, 6.45) is 2.57. The smallest absolute Gasteiger partial charge is 0.248 e. The quantitative estimate of drug-likeness (QED) is 0.681. The Labute approximate surface area is 150 Å². The number of nitrogens with one attached hydrogen (secondary N) is 2. The molecule has 0 fully saturated rings. The first kappa shape index (κ1) is 17.0. The summed E-state index contributed by atoms with van der Waals surface area (Å²) in [6, 6.07) is 14.4. The van der Waals surface area contributed by atoms with Gasteiger partial charge in [0.25, 0.3) is 0 Å². The first-order valence-electron chi connectivity index (χ1n) is 7.93. The predicted octanol–water partition coefficient (Wildman–Crippen LogP) is 3.84. The number of benzene rings is 2. The molecule has 0 aliphatic heterocycles. The van der Waals surface area contributed by atoms with Gasteiger partial charge in [-0.15, -0.1) is 5.10 Å². The van der Waals surface area contributed by atoms with Gasteiger partial charge in [-0.2, -0.15) is 0 Å². The predicted molar refractivity (Wildman–Crippen MR) is 101 cm³/mol. The molecule has 0 spiro atoms. The van der Waals surface area contributed by atoms with E-state index in [4.69, 9.17) is 12.2 Å². The summed E-state index contributed by atoms with van der Waals surface area (Å²) < 4.78 is 14.8. The number of aryl methyl sites for hydroxylation is 1. The number of hydrogen-bond acceptors (Lipinski definition) is 3. The van der Waals surface area contributed by atoms with Crippen molar-refractivity contribution in [1.29, 1.82) is 0 Å². The van der Waals surface area contributed by atoms with E-state index in [-0.39, 0.29) is 5.82 Å². The molecule has 3 rings (SSSR count). The van der Waals surface area contributed by atoms with E-state index in [0.29, 0.717) is 17.6 Å². The lowest BCUT2D eigenvalue weighted by Gasteiger charge is -2.08. The molecule has 128 valence electrons. The fourth-order valence-corrected chi connectivity index (χ4v) is 2.55. The van der Waals surface area contributed by atoms with E-state index in [1.807, 2.05) is 18.2 Å². The summed E-state index contributed by atoms with van der Waals surface area (Å²) in [5, 5.41) is 10.7. The Morgan fingerprint density at radius 2 is 1.92 bits per heavy atom. The summed E-state index contributed by atoms with van der Waals surface area (Å²) in [4.78, 5) is 4.16. The third-order valence-corrected chi connectivity index (χ3v) is 3.82. The summed E-state index contributed by atoms with van der Waals surface area (Å²) >= 11 is 5.27. The fourth-order valence-electron chi connectivity index (χ4n) is 2.34. The average molecular weight is 355 g/mol. The minimum absolute atomic E-state index is 0.268. The largest absolute Gasteiger partial charge is 0.332 e. The molecule has 0 saturated heterocycles. The van der Waals surface area contributed by atoms with Crippen molar-refractivity contribution >= 4 is 29.0 Å². The maximum absolute atomic E-state index is 13.2. The topological polar surface area (TPSA) is 54.8 Å². The molecule has 0 unspecified atom stereocenters. The van der Waals surface area contributed by atoms with Crippen LogP contribution >= 0.6 is 12.2 Å². The molecular weight excluding hydrogens is 337 g/mol. The highest BCUT2D eigenvalue weighted by Gasteiger charge is 2.05. The molecular formula is C18H18FN5S. The van der Waals surface area contributed by atoms with E-state index in [1.54, 1.807) is 17.1 Å². The molecule has 0 aliphatic carbocycles. The van der Waals surface area contributed by atoms with Crippen LogP contribution < -0.4 is 10.6 Å². The molecule has 5 nitrogen and oxygen atoms in total. The van der Waals surface area contributed by atoms with Gasteiger partial charge in [-0.3, -0.25) is 5.32 Å². The summed E-state index contributed by atoms with van der Waals surface area (Å²) in [5.41, 5.74) is 2.98. The van der Waals surface area contributed by atoms with Crippen LogP contribution in [-0.4, -0.2) is 19.9 Å². The molecule has 0 amide bonds. The second kappa shape index (κ2) is 7.85. The van der Waals surface area contributed by atoms with Gasteiger partial charge in [0.1, 0.15) is 12.1 Å². The standard InChI is InChI=1S/C18H18FN5S/c1-2-13-6-8-16(9-7-13)21-18(25)22-17-20-12-24(23-17)11-14-4-3-5-15(19)10-14/h3-10,12H,2,11H2,1H3,(H2,21,22,23,25). The van der Waals surface area contributed by atoms with Gasteiger partial charge >= 0.3 is 0 Å². The van der Waals surface area contributed by atoms with Gasteiger partial charge in [0.15, 0.2) is 5.11 Å². The van der Waals surface area contributed by atoms with Crippen molar-refractivity contribution in [2.45, 2.75) is 19.9 Å². The van der Waals surface area contributed by atoms with Gasteiger partial charge in [-0.05, 0) is 54.0 Å². The van der Waals surface area contributed by atoms with Crippen molar-refractivity contribution in [1.82, 2.24) is 14.8 Å². The summed E-state index contributed by atoms with van der Waals surface area (Å²) in [7, 11) is 0. The summed E-state index contributed by atoms with van der Waals surface area (Å²) in [5.74, 6) is 0.120. The molecule has 2 aromatic carbocycles. The highest BCUT2D eigenvalue weighted by Crippen LogP contribution is 2.11. The van der Waals surface area contributed by atoms with Crippen LogP contribution in [0.15, 0.2) is 54.9 Å². The van der Waals surface area contributed by atoms with E-state index in [0.717, 1.165) is 17.7 Å². The van der Waals surface area contributed by atoms with Crippen LogP contribution in [-0.2, 0) is 13.0 Å². The van der Waals surface area contributed by atoms with E-state index >= 15 is 0 Å². The van der Waals surface area contributed by atoms with Crippen molar-refractivity contribution in [3.63, 3.8) is 0 Å². The van der Waals surface area contributed by atoms with Crippen molar-refractivity contribution < 1.29 is 4.39 Å². The second-order valence-corrected chi connectivity index (χ2v) is 5.93. The van der Waals surface area contributed by atoms with Crippen LogP contribution in [0.25, 0.3) is 0 Å². The Hall–Kier alpha value is -2.80. The third kappa shape index (κ3) is 4.84. The summed E-state index contributed by atoms with van der Waals surface area (Å²) in [6.45, 7) is 2.55. The van der Waals surface area contributed by atoms with Crippen LogP contribution in [0.4, 0.5) is 16.0 Å². The molecule has 0 atom stereocenters. The molecule has 3 aromatic rings. The van der Waals surface area contributed by atoms with Crippen LogP contribution in [0.5, 0.6) is 0 Å². The van der Waals surface area contributed by atoms with E-state index in [9.17, 15) is 4.39 Å². The van der Waals surface area contributed by atoms with Crippen molar-refractivity contribution in [2.75, 3.05) is 10.6 Å². The van der Waals surface area contributed by atoms with Crippen LogP contribution in [0.2, 0.25) is 0 Å². The van der Waals surface area contributed by atoms with Crippen molar-refractivity contribution in [3.05, 3.63) is 71.8 Å². The monoisotopic (exact) mass is 355 g/mol. The van der Waals surface area contributed by atoms with E-state index < -0.39 is 0 Å². The first-order chi connectivity index (χ1) is 12.1. The highest BCUT2D eigenvalue weighted by molar-refractivity contribution is 7.80. The molecule has 0 radical (unpaired) electrons. The van der Waals surface area contributed by atoms with Crippen molar-refractivity contribution in [2.24, 2.45) is 0 Å². The number of nitrogens with zero attached hydrogens (tertiary/aromatic N) is 3. The molecule has 1 aromatic heterocycles. The molecule has 2 N–H and O–H groups in total. The fraction of sp³-hybridized carbons (Fsp3) is 0.167. The average Bonchev–Trinajstić information content (AvgIpc) is 3.02. The Kier molecular flexibility index (Phi) is 5.35. The van der Waals surface area contributed by atoms with Crippen molar-refractivity contribution in [3.8, 4) is 0 Å². The van der Waals surface area contributed by atoms with E-state index in [2.05, 4.69) is 39.8 Å². The maximum Gasteiger partial charge on any atom is 0.248 e. The maximum atomic E-state index is 13.2. The molecule has 0 aliphatic rings. The van der Waals surface area contributed by atoms with Crippen LogP contribution in [0, 0.1) is 5.82 Å². The zero-order chi connectivity index (χ0) is 17.6. The number of halogens is 1. The molecule has 0 saturated carbocycles. The SMILES string of the molecule is CCc1ccc(NC(=S)Nc2ncn(Cc3cccc(F)c3)n2)cc1. The molecule has 7 heteroatoms. The number of hydrogen-bond donors (Lipinski definition) is 2. The number of aromatic nitrogens is 3. The zero-order valence-electron chi connectivity index (χ0n) is 13.7. The third-order valence-electron chi connectivity index (χ3n) is 3.62. The van der Waals surface area contributed by atoms with Gasteiger partial charge in [-0.1, -0.05) is 31.2 Å². The minimum atomic E-state index is -0.268. The van der Waals surface area contributed by atoms with Gasteiger partial charge in [0.2, 0.25) is 5.95 Å². The van der Waals surface area contributed by atoms with Gasteiger partial charge in [0.05, 0.1) is 6.54 Å². The molecule has 0 bridgehead atoms. The van der Waals surface area contributed by atoms with Gasteiger partial charge in [0, 0.05) is 5.69 Å².